The van der Waals surface area contributed by atoms with E-state index in [0.29, 0.717) is 12.1 Å². The average molecular weight is 218 g/mol. The topological polar surface area (TPSA) is 15.3 Å². The Morgan fingerprint density at radius 3 is 2.69 bits per heavy atom. The van der Waals surface area contributed by atoms with Crippen LogP contribution in [0, 0.1) is 0 Å². The van der Waals surface area contributed by atoms with Gasteiger partial charge >= 0.3 is 0 Å². The van der Waals surface area contributed by atoms with Crippen molar-refractivity contribution in [1.82, 2.24) is 10.2 Å². The van der Waals surface area contributed by atoms with Crippen molar-refractivity contribution < 1.29 is 0 Å². The first-order valence-corrected chi connectivity index (χ1v) is 6.17. The second-order valence-corrected chi connectivity index (χ2v) is 5.08. The van der Waals surface area contributed by atoms with E-state index in [2.05, 4.69) is 55.4 Å². The van der Waals surface area contributed by atoms with Gasteiger partial charge in [0.1, 0.15) is 0 Å². The van der Waals surface area contributed by atoms with Crippen LogP contribution in [0.5, 0.6) is 0 Å². The van der Waals surface area contributed by atoms with Crippen molar-refractivity contribution in [3.8, 4) is 0 Å². The Hall–Kier alpha value is -0.860. The van der Waals surface area contributed by atoms with E-state index in [9.17, 15) is 0 Å². The maximum absolute atomic E-state index is 3.62. The number of hydrogen-bond acceptors (Lipinski definition) is 2. The lowest BCUT2D eigenvalue weighted by atomic mass is 9.95. The molecule has 1 atom stereocenters. The van der Waals surface area contributed by atoms with Crippen molar-refractivity contribution in [2.24, 2.45) is 0 Å². The molecular weight excluding hydrogens is 196 g/mol. The molecule has 0 radical (unpaired) electrons. The van der Waals surface area contributed by atoms with E-state index in [1.165, 1.54) is 11.1 Å². The van der Waals surface area contributed by atoms with Crippen LogP contribution < -0.4 is 5.32 Å². The normalized spacial score (nSPS) is 20.2. The molecule has 88 valence electrons. The molecule has 1 aliphatic heterocycles. The van der Waals surface area contributed by atoms with Gasteiger partial charge in [0.05, 0.1) is 0 Å². The fraction of sp³-hybridized carbons (Fsp3) is 0.571. The summed E-state index contributed by atoms with van der Waals surface area (Å²) >= 11 is 0. The SMILES string of the molecule is CC(C)N(C)C[C@@H]1Cc2ccccc2CN1. The fourth-order valence-corrected chi connectivity index (χ4v) is 2.21. The van der Waals surface area contributed by atoms with E-state index in [0.717, 1.165) is 19.5 Å². The molecule has 0 aromatic heterocycles. The molecule has 0 amide bonds. The van der Waals surface area contributed by atoms with Gasteiger partial charge < -0.3 is 10.2 Å². The molecule has 0 saturated carbocycles. The summed E-state index contributed by atoms with van der Waals surface area (Å²) in [5, 5.41) is 3.62. The van der Waals surface area contributed by atoms with Gasteiger partial charge in [-0.25, -0.2) is 0 Å². The van der Waals surface area contributed by atoms with E-state index in [4.69, 9.17) is 0 Å². The Morgan fingerprint density at radius 1 is 1.31 bits per heavy atom. The van der Waals surface area contributed by atoms with Crippen LogP contribution in [0.4, 0.5) is 0 Å². The minimum atomic E-state index is 0.599. The fourth-order valence-electron chi connectivity index (χ4n) is 2.21. The van der Waals surface area contributed by atoms with Crippen molar-refractivity contribution in [2.45, 2.75) is 38.9 Å². The van der Waals surface area contributed by atoms with Gasteiger partial charge in [-0.15, -0.1) is 0 Å². The van der Waals surface area contributed by atoms with Crippen molar-refractivity contribution >= 4 is 0 Å². The molecule has 2 rings (SSSR count). The smallest absolute Gasteiger partial charge is 0.0238 e. The third kappa shape index (κ3) is 2.63. The number of hydrogen-bond donors (Lipinski definition) is 1. The van der Waals surface area contributed by atoms with Crippen LogP contribution in [0.15, 0.2) is 24.3 Å². The molecule has 1 aromatic rings. The van der Waals surface area contributed by atoms with Gasteiger partial charge in [0, 0.05) is 25.2 Å². The third-order valence-electron chi connectivity index (χ3n) is 3.56. The standard InChI is InChI=1S/C14H22N2/c1-11(2)16(3)10-14-8-12-6-4-5-7-13(12)9-15-14/h4-7,11,14-15H,8-10H2,1-3H3/t14-/m0/s1. The van der Waals surface area contributed by atoms with Crippen LogP contribution in [0.2, 0.25) is 0 Å². The van der Waals surface area contributed by atoms with Crippen LogP contribution in [0.25, 0.3) is 0 Å². The van der Waals surface area contributed by atoms with Crippen molar-refractivity contribution in [1.29, 1.82) is 0 Å². The first-order chi connectivity index (χ1) is 7.66. The molecule has 2 heteroatoms. The lowest BCUT2D eigenvalue weighted by Gasteiger charge is -2.31. The Kier molecular flexibility index (Phi) is 3.62. The molecule has 1 heterocycles. The molecule has 2 nitrogen and oxygen atoms in total. The maximum Gasteiger partial charge on any atom is 0.0238 e. The zero-order valence-electron chi connectivity index (χ0n) is 10.5. The van der Waals surface area contributed by atoms with E-state index >= 15 is 0 Å². The van der Waals surface area contributed by atoms with E-state index < -0.39 is 0 Å². The minimum absolute atomic E-state index is 0.599. The number of likely N-dealkylation sites (N-methyl/N-ethyl adjacent to an activating group) is 1. The van der Waals surface area contributed by atoms with E-state index in [1.807, 2.05) is 0 Å². The minimum Gasteiger partial charge on any atom is -0.308 e. The zero-order valence-corrected chi connectivity index (χ0v) is 10.5. The molecule has 0 spiro atoms. The molecule has 0 aliphatic carbocycles. The first kappa shape index (κ1) is 11.6. The second kappa shape index (κ2) is 4.98. The number of nitrogens with one attached hydrogen (secondary N) is 1. The van der Waals surface area contributed by atoms with Gasteiger partial charge in [0.25, 0.3) is 0 Å². The molecule has 16 heavy (non-hydrogen) atoms. The molecule has 1 N–H and O–H groups in total. The highest BCUT2D eigenvalue weighted by molar-refractivity contribution is 5.29. The average Bonchev–Trinajstić information content (AvgIpc) is 2.28. The van der Waals surface area contributed by atoms with Crippen LogP contribution >= 0.6 is 0 Å². The number of nitrogens with zero attached hydrogens (tertiary/aromatic N) is 1. The molecule has 0 saturated heterocycles. The van der Waals surface area contributed by atoms with Gasteiger partial charge in [-0.1, -0.05) is 24.3 Å². The summed E-state index contributed by atoms with van der Waals surface area (Å²) in [7, 11) is 2.20. The molecular formula is C14H22N2. The second-order valence-electron chi connectivity index (χ2n) is 5.08. The molecule has 1 aromatic carbocycles. The summed E-state index contributed by atoms with van der Waals surface area (Å²) in [6.07, 6.45) is 1.16. The van der Waals surface area contributed by atoms with Crippen molar-refractivity contribution in [3.05, 3.63) is 35.4 Å². The molecule has 0 bridgehead atoms. The van der Waals surface area contributed by atoms with Gasteiger partial charge in [-0.3, -0.25) is 0 Å². The van der Waals surface area contributed by atoms with Crippen LogP contribution in [0.1, 0.15) is 25.0 Å². The molecule has 0 fully saturated rings. The lowest BCUT2D eigenvalue weighted by molar-refractivity contribution is 0.236. The largest absolute Gasteiger partial charge is 0.308 e. The van der Waals surface area contributed by atoms with Crippen molar-refractivity contribution in [2.75, 3.05) is 13.6 Å². The van der Waals surface area contributed by atoms with Crippen LogP contribution in [0.3, 0.4) is 0 Å². The number of benzene rings is 1. The summed E-state index contributed by atoms with van der Waals surface area (Å²) in [5.41, 5.74) is 2.98. The quantitative estimate of drug-likeness (QED) is 0.835. The number of rotatable bonds is 3. The van der Waals surface area contributed by atoms with E-state index in [-0.39, 0.29) is 0 Å². The van der Waals surface area contributed by atoms with Gasteiger partial charge in [-0.05, 0) is 38.4 Å². The Morgan fingerprint density at radius 2 is 2.00 bits per heavy atom. The Balaban J connectivity index is 1.98. The zero-order chi connectivity index (χ0) is 11.5. The lowest BCUT2D eigenvalue weighted by Crippen LogP contribution is -2.45. The summed E-state index contributed by atoms with van der Waals surface area (Å²) in [5.74, 6) is 0. The van der Waals surface area contributed by atoms with Gasteiger partial charge in [0.2, 0.25) is 0 Å². The van der Waals surface area contributed by atoms with Crippen molar-refractivity contribution in [3.63, 3.8) is 0 Å². The molecule has 0 unspecified atom stereocenters. The van der Waals surface area contributed by atoms with E-state index in [1.54, 1.807) is 0 Å². The first-order valence-electron chi connectivity index (χ1n) is 6.17. The number of fused-ring (bicyclic) bond motifs is 1. The highest BCUT2D eigenvalue weighted by Crippen LogP contribution is 2.16. The monoisotopic (exact) mass is 218 g/mol. The molecule has 1 aliphatic rings. The van der Waals surface area contributed by atoms with Gasteiger partial charge in [-0.2, -0.15) is 0 Å². The highest BCUT2D eigenvalue weighted by atomic mass is 15.1. The van der Waals surface area contributed by atoms with Gasteiger partial charge in [0.15, 0.2) is 0 Å². The maximum atomic E-state index is 3.62. The predicted octanol–water partition coefficient (Wildman–Crippen LogP) is 2.04. The van der Waals surface area contributed by atoms with Crippen LogP contribution in [-0.4, -0.2) is 30.6 Å². The Bertz CT molecular complexity index is 346. The third-order valence-corrected chi connectivity index (χ3v) is 3.56. The highest BCUT2D eigenvalue weighted by Gasteiger charge is 2.19. The summed E-state index contributed by atoms with van der Waals surface area (Å²) in [6.45, 7) is 6.65. The predicted molar refractivity (Wildman–Crippen MR) is 68.5 cm³/mol. The summed E-state index contributed by atoms with van der Waals surface area (Å²) < 4.78 is 0. The van der Waals surface area contributed by atoms with Crippen LogP contribution in [-0.2, 0) is 13.0 Å². The summed E-state index contributed by atoms with van der Waals surface area (Å²) in [6, 6.07) is 9.99. The summed E-state index contributed by atoms with van der Waals surface area (Å²) in [4.78, 5) is 2.41. The Labute approximate surface area is 98.7 Å².